The first-order valence-electron chi connectivity index (χ1n) is 7.79. The smallest absolute Gasteiger partial charge is 0.185 e. The zero-order chi connectivity index (χ0) is 17.0. The summed E-state index contributed by atoms with van der Waals surface area (Å²) in [7, 11) is 1.66. The lowest BCUT2D eigenvalue weighted by molar-refractivity contribution is 0.104. The van der Waals surface area contributed by atoms with Gasteiger partial charge in [0.15, 0.2) is 5.78 Å². The van der Waals surface area contributed by atoms with Crippen molar-refractivity contribution in [2.45, 2.75) is 33.1 Å². The highest BCUT2D eigenvalue weighted by atomic mass is 16.5. The highest BCUT2D eigenvalue weighted by Gasteiger charge is 2.13. The second-order valence-corrected chi connectivity index (χ2v) is 6.75. The molecular formula is C21H24O2. The molecule has 120 valence electrons. The molecule has 0 saturated carbocycles. The standard InChI is InChI=1S/C21H24O2/c1-15-14-16(7-13-20(15)23-5)6-12-19(22)17-8-10-18(11-9-17)21(2,3)4/h6-14H,1-5H3. The molecule has 2 heteroatoms. The van der Waals surface area contributed by atoms with Gasteiger partial charge >= 0.3 is 0 Å². The summed E-state index contributed by atoms with van der Waals surface area (Å²) in [5.41, 5.74) is 4.07. The Labute approximate surface area is 138 Å². The Kier molecular flexibility index (Phi) is 5.05. The van der Waals surface area contributed by atoms with E-state index >= 15 is 0 Å². The van der Waals surface area contributed by atoms with Gasteiger partial charge in [-0.1, -0.05) is 57.2 Å². The maximum absolute atomic E-state index is 12.3. The van der Waals surface area contributed by atoms with Crippen molar-refractivity contribution < 1.29 is 9.53 Å². The lowest BCUT2D eigenvalue weighted by Gasteiger charge is -2.18. The molecule has 0 unspecified atom stereocenters. The largest absolute Gasteiger partial charge is 0.496 e. The third-order valence-electron chi connectivity index (χ3n) is 3.88. The highest BCUT2D eigenvalue weighted by molar-refractivity contribution is 6.06. The Morgan fingerprint density at radius 2 is 1.70 bits per heavy atom. The van der Waals surface area contributed by atoms with Crippen LogP contribution >= 0.6 is 0 Å². The molecule has 0 spiro atoms. The highest BCUT2D eigenvalue weighted by Crippen LogP contribution is 2.23. The van der Waals surface area contributed by atoms with Crippen LogP contribution in [0.15, 0.2) is 48.5 Å². The van der Waals surface area contributed by atoms with Gasteiger partial charge in [-0.15, -0.1) is 0 Å². The molecule has 0 aliphatic rings. The Hall–Kier alpha value is -2.35. The van der Waals surface area contributed by atoms with E-state index in [1.165, 1.54) is 5.56 Å². The van der Waals surface area contributed by atoms with Gasteiger partial charge in [0, 0.05) is 5.56 Å². The topological polar surface area (TPSA) is 26.3 Å². The second-order valence-electron chi connectivity index (χ2n) is 6.75. The molecule has 0 atom stereocenters. The van der Waals surface area contributed by atoms with Crippen LogP contribution in [0.3, 0.4) is 0 Å². The van der Waals surface area contributed by atoms with E-state index in [0.29, 0.717) is 5.56 Å². The zero-order valence-corrected chi connectivity index (χ0v) is 14.5. The molecule has 0 heterocycles. The first-order valence-corrected chi connectivity index (χ1v) is 7.79. The molecule has 0 aliphatic heterocycles. The number of hydrogen-bond acceptors (Lipinski definition) is 2. The second kappa shape index (κ2) is 6.82. The normalized spacial score (nSPS) is 11.7. The number of ketones is 1. The van der Waals surface area contributed by atoms with Gasteiger partial charge in [-0.25, -0.2) is 0 Å². The van der Waals surface area contributed by atoms with Crippen molar-refractivity contribution in [3.8, 4) is 5.75 Å². The van der Waals surface area contributed by atoms with Crippen molar-refractivity contribution in [2.24, 2.45) is 0 Å². The quantitative estimate of drug-likeness (QED) is 0.573. The van der Waals surface area contributed by atoms with E-state index in [1.54, 1.807) is 13.2 Å². The summed E-state index contributed by atoms with van der Waals surface area (Å²) in [4.78, 5) is 12.3. The number of rotatable bonds is 4. The van der Waals surface area contributed by atoms with Crippen LogP contribution in [0.25, 0.3) is 6.08 Å². The van der Waals surface area contributed by atoms with Gasteiger partial charge in [0.2, 0.25) is 0 Å². The van der Waals surface area contributed by atoms with E-state index in [1.807, 2.05) is 55.5 Å². The molecule has 2 nitrogen and oxygen atoms in total. The van der Waals surface area contributed by atoms with E-state index in [9.17, 15) is 4.79 Å². The number of carbonyl (C=O) groups is 1. The van der Waals surface area contributed by atoms with E-state index in [4.69, 9.17) is 4.74 Å². The molecule has 2 rings (SSSR count). The molecule has 0 bridgehead atoms. The van der Waals surface area contributed by atoms with E-state index in [2.05, 4.69) is 20.8 Å². The summed E-state index contributed by atoms with van der Waals surface area (Å²) in [6.45, 7) is 8.48. The average molecular weight is 308 g/mol. The predicted molar refractivity (Wildman–Crippen MR) is 96.2 cm³/mol. The molecule has 2 aromatic carbocycles. The fourth-order valence-corrected chi connectivity index (χ4v) is 2.41. The minimum Gasteiger partial charge on any atom is -0.496 e. The van der Waals surface area contributed by atoms with Crippen LogP contribution in [-0.4, -0.2) is 12.9 Å². The summed E-state index contributed by atoms with van der Waals surface area (Å²) in [6.07, 6.45) is 3.46. The Morgan fingerprint density at radius 3 is 2.22 bits per heavy atom. The van der Waals surface area contributed by atoms with Crippen LogP contribution < -0.4 is 4.74 Å². The minimum atomic E-state index is 0.0129. The van der Waals surface area contributed by atoms with Crippen molar-refractivity contribution in [1.82, 2.24) is 0 Å². The molecule has 0 aliphatic carbocycles. The molecule has 0 saturated heterocycles. The fraction of sp³-hybridized carbons (Fsp3) is 0.286. The van der Waals surface area contributed by atoms with E-state index < -0.39 is 0 Å². The average Bonchev–Trinajstić information content (AvgIpc) is 2.52. The number of ether oxygens (including phenoxy) is 1. The van der Waals surface area contributed by atoms with Crippen molar-refractivity contribution in [3.05, 3.63) is 70.8 Å². The maximum Gasteiger partial charge on any atom is 0.185 e. The van der Waals surface area contributed by atoms with Crippen molar-refractivity contribution in [1.29, 1.82) is 0 Å². The predicted octanol–water partition coefficient (Wildman–Crippen LogP) is 5.20. The van der Waals surface area contributed by atoms with Gasteiger partial charge in [-0.2, -0.15) is 0 Å². The number of allylic oxidation sites excluding steroid dienone is 1. The van der Waals surface area contributed by atoms with Gasteiger partial charge in [0.1, 0.15) is 5.75 Å². The lowest BCUT2D eigenvalue weighted by atomic mass is 9.86. The Morgan fingerprint density at radius 1 is 1.04 bits per heavy atom. The first-order chi connectivity index (χ1) is 10.8. The van der Waals surface area contributed by atoms with Gasteiger partial charge in [-0.3, -0.25) is 4.79 Å². The van der Waals surface area contributed by atoms with E-state index in [-0.39, 0.29) is 11.2 Å². The van der Waals surface area contributed by atoms with Crippen LogP contribution in [0, 0.1) is 6.92 Å². The Balaban J connectivity index is 2.13. The van der Waals surface area contributed by atoms with Crippen molar-refractivity contribution in [3.63, 3.8) is 0 Å². The fourth-order valence-electron chi connectivity index (χ4n) is 2.41. The molecular weight excluding hydrogens is 284 g/mol. The first kappa shape index (κ1) is 17.0. The number of carbonyl (C=O) groups excluding carboxylic acids is 1. The third kappa shape index (κ3) is 4.32. The van der Waals surface area contributed by atoms with Crippen LogP contribution in [0.5, 0.6) is 5.75 Å². The molecule has 0 radical (unpaired) electrons. The van der Waals surface area contributed by atoms with Crippen molar-refractivity contribution >= 4 is 11.9 Å². The number of aryl methyl sites for hydroxylation is 1. The SMILES string of the molecule is COc1ccc(C=CC(=O)c2ccc(C(C)(C)C)cc2)cc1C. The molecule has 0 amide bonds. The molecule has 0 N–H and O–H groups in total. The molecule has 2 aromatic rings. The van der Waals surface area contributed by atoms with Crippen LogP contribution in [0.4, 0.5) is 0 Å². The van der Waals surface area contributed by atoms with Gasteiger partial charge in [0.25, 0.3) is 0 Å². The summed E-state index contributed by atoms with van der Waals surface area (Å²) in [6, 6.07) is 13.7. The number of methoxy groups -OCH3 is 1. The summed E-state index contributed by atoms with van der Waals surface area (Å²) in [5.74, 6) is 0.866. The summed E-state index contributed by atoms with van der Waals surface area (Å²) >= 11 is 0. The zero-order valence-electron chi connectivity index (χ0n) is 14.5. The monoisotopic (exact) mass is 308 g/mol. The lowest BCUT2D eigenvalue weighted by Crippen LogP contribution is -2.11. The third-order valence-corrected chi connectivity index (χ3v) is 3.88. The molecule has 0 fully saturated rings. The number of benzene rings is 2. The van der Waals surface area contributed by atoms with Crippen molar-refractivity contribution in [2.75, 3.05) is 7.11 Å². The maximum atomic E-state index is 12.3. The Bertz CT molecular complexity index is 716. The molecule has 23 heavy (non-hydrogen) atoms. The van der Waals surface area contributed by atoms with Gasteiger partial charge in [-0.05, 0) is 47.2 Å². The van der Waals surface area contributed by atoms with Gasteiger partial charge in [0.05, 0.1) is 7.11 Å². The molecule has 0 aromatic heterocycles. The van der Waals surface area contributed by atoms with Crippen LogP contribution in [0.1, 0.15) is 47.8 Å². The summed E-state index contributed by atoms with van der Waals surface area (Å²) in [5, 5.41) is 0. The minimum absolute atomic E-state index is 0.0129. The summed E-state index contributed by atoms with van der Waals surface area (Å²) < 4.78 is 5.24. The van der Waals surface area contributed by atoms with Crippen LogP contribution in [-0.2, 0) is 5.41 Å². The van der Waals surface area contributed by atoms with E-state index in [0.717, 1.165) is 16.9 Å². The van der Waals surface area contributed by atoms with Gasteiger partial charge < -0.3 is 4.74 Å². The van der Waals surface area contributed by atoms with Crippen LogP contribution in [0.2, 0.25) is 0 Å². The number of hydrogen-bond donors (Lipinski definition) is 0.